The van der Waals surface area contributed by atoms with Gasteiger partial charge in [-0.1, -0.05) is 0 Å². The zero-order valence-electron chi connectivity index (χ0n) is 5.62. The Hall–Kier alpha value is -0.540. The standard InChI is InChI=1S/C7H9NOS/c1-3-7(10-6-1)8-4-2-5-9-8/h1,3,6H,2,4-5H2. The van der Waals surface area contributed by atoms with Gasteiger partial charge in [-0.05, 0) is 23.9 Å². The Labute approximate surface area is 64.0 Å². The van der Waals surface area contributed by atoms with E-state index in [0.717, 1.165) is 19.6 Å². The Morgan fingerprint density at radius 1 is 1.60 bits per heavy atom. The van der Waals surface area contributed by atoms with Gasteiger partial charge in [-0.2, -0.15) is 0 Å². The fourth-order valence-electron chi connectivity index (χ4n) is 1.03. The highest BCUT2D eigenvalue weighted by Gasteiger charge is 2.12. The van der Waals surface area contributed by atoms with E-state index < -0.39 is 0 Å². The number of thiophene rings is 1. The van der Waals surface area contributed by atoms with Gasteiger partial charge in [0.05, 0.1) is 6.61 Å². The zero-order chi connectivity index (χ0) is 6.81. The van der Waals surface area contributed by atoms with E-state index in [-0.39, 0.29) is 0 Å². The van der Waals surface area contributed by atoms with Gasteiger partial charge in [0.1, 0.15) is 5.00 Å². The molecule has 1 aromatic heterocycles. The van der Waals surface area contributed by atoms with Crippen molar-refractivity contribution in [2.75, 3.05) is 18.2 Å². The first-order chi connectivity index (χ1) is 4.97. The highest BCUT2D eigenvalue weighted by atomic mass is 32.1. The van der Waals surface area contributed by atoms with Crippen molar-refractivity contribution in [2.45, 2.75) is 6.42 Å². The summed E-state index contributed by atoms with van der Waals surface area (Å²) in [6, 6.07) is 4.12. The van der Waals surface area contributed by atoms with E-state index in [1.165, 1.54) is 5.00 Å². The molecule has 1 aliphatic rings. The third kappa shape index (κ3) is 1.02. The van der Waals surface area contributed by atoms with Crippen LogP contribution in [0.15, 0.2) is 17.5 Å². The second kappa shape index (κ2) is 2.60. The Morgan fingerprint density at radius 2 is 2.60 bits per heavy atom. The molecule has 3 heteroatoms. The van der Waals surface area contributed by atoms with Crippen LogP contribution in [0.5, 0.6) is 0 Å². The molecule has 2 nitrogen and oxygen atoms in total. The molecular formula is C7H9NOS. The third-order valence-electron chi connectivity index (χ3n) is 1.50. The molecule has 1 aromatic rings. The average molecular weight is 155 g/mol. The molecule has 10 heavy (non-hydrogen) atoms. The number of rotatable bonds is 1. The summed E-state index contributed by atoms with van der Waals surface area (Å²) in [6.07, 6.45) is 1.15. The summed E-state index contributed by atoms with van der Waals surface area (Å²) in [5.74, 6) is 0. The van der Waals surface area contributed by atoms with Crippen molar-refractivity contribution in [2.24, 2.45) is 0 Å². The van der Waals surface area contributed by atoms with Crippen molar-refractivity contribution in [1.29, 1.82) is 0 Å². The maximum Gasteiger partial charge on any atom is 0.116 e. The van der Waals surface area contributed by atoms with Gasteiger partial charge in [-0.15, -0.1) is 11.3 Å². The van der Waals surface area contributed by atoms with Gasteiger partial charge < -0.3 is 0 Å². The number of anilines is 1. The molecule has 0 bridgehead atoms. The minimum Gasteiger partial charge on any atom is -0.273 e. The number of hydroxylamine groups is 1. The van der Waals surface area contributed by atoms with E-state index in [2.05, 4.69) is 11.4 Å². The van der Waals surface area contributed by atoms with Crippen molar-refractivity contribution in [3.8, 4) is 0 Å². The predicted molar refractivity (Wildman–Crippen MR) is 42.2 cm³/mol. The molecule has 0 saturated carbocycles. The molecule has 0 spiro atoms. The first kappa shape index (κ1) is 6.19. The van der Waals surface area contributed by atoms with Gasteiger partial charge >= 0.3 is 0 Å². The monoisotopic (exact) mass is 155 g/mol. The van der Waals surface area contributed by atoms with Crippen molar-refractivity contribution in [3.63, 3.8) is 0 Å². The van der Waals surface area contributed by atoms with Gasteiger partial charge in [0.25, 0.3) is 0 Å². The maximum atomic E-state index is 5.34. The summed E-state index contributed by atoms with van der Waals surface area (Å²) in [5, 5.41) is 5.25. The molecule has 1 saturated heterocycles. The van der Waals surface area contributed by atoms with Crippen LogP contribution < -0.4 is 5.06 Å². The van der Waals surface area contributed by atoms with Gasteiger partial charge in [-0.25, -0.2) is 5.06 Å². The van der Waals surface area contributed by atoms with E-state index in [1.54, 1.807) is 11.3 Å². The second-order valence-electron chi connectivity index (χ2n) is 2.24. The van der Waals surface area contributed by atoms with Crippen LogP contribution in [0.25, 0.3) is 0 Å². The molecular weight excluding hydrogens is 146 g/mol. The van der Waals surface area contributed by atoms with E-state index in [4.69, 9.17) is 4.84 Å². The number of nitrogens with zero attached hydrogens (tertiary/aromatic N) is 1. The SMILES string of the molecule is c1csc(N2CCCO2)c1. The molecule has 0 unspecified atom stereocenters. The normalized spacial score (nSPS) is 18.2. The first-order valence-corrected chi connectivity index (χ1v) is 4.29. The van der Waals surface area contributed by atoms with Crippen LogP contribution in [-0.2, 0) is 4.84 Å². The quantitative estimate of drug-likeness (QED) is 0.614. The maximum absolute atomic E-state index is 5.34. The van der Waals surface area contributed by atoms with E-state index in [1.807, 2.05) is 11.1 Å². The van der Waals surface area contributed by atoms with Crippen LogP contribution in [0.2, 0.25) is 0 Å². The summed E-state index contributed by atoms with van der Waals surface area (Å²) in [5.41, 5.74) is 0. The summed E-state index contributed by atoms with van der Waals surface area (Å²) >= 11 is 1.72. The Balaban J connectivity index is 2.12. The van der Waals surface area contributed by atoms with E-state index in [9.17, 15) is 0 Å². The summed E-state index contributed by atoms with van der Waals surface area (Å²) < 4.78 is 0. The van der Waals surface area contributed by atoms with Crippen molar-refractivity contribution < 1.29 is 4.84 Å². The highest BCUT2D eigenvalue weighted by molar-refractivity contribution is 7.14. The van der Waals surface area contributed by atoms with Gasteiger partial charge in [0.15, 0.2) is 0 Å². The molecule has 0 amide bonds. The lowest BCUT2D eigenvalue weighted by Crippen LogP contribution is -2.14. The van der Waals surface area contributed by atoms with Crippen molar-refractivity contribution in [1.82, 2.24) is 0 Å². The Morgan fingerprint density at radius 3 is 3.20 bits per heavy atom. The molecule has 0 atom stereocenters. The molecule has 0 aliphatic carbocycles. The Kier molecular flexibility index (Phi) is 1.61. The summed E-state index contributed by atoms with van der Waals surface area (Å²) in [7, 11) is 0. The second-order valence-corrected chi connectivity index (χ2v) is 3.17. The molecule has 2 heterocycles. The lowest BCUT2D eigenvalue weighted by molar-refractivity contribution is 0.170. The number of hydrogen-bond donors (Lipinski definition) is 0. The molecule has 1 fully saturated rings. The van der Waals surface area contributed by atoms with Crippen LogP contribution in [0.3, 0.4) is 0 Å². The Bertz CT molecular complexity index is 191. The average Bonchev–Trinajstić information content (AvgIpc) is 2.59. The van der Waals surface area contributed by atoms with Crippen LogP contribution in [0, 0.1) is 0 Å². The fourth-order valence-corrected chi connectivity index (χ4v) is 1.75. The van der Waals surface area contributed by atoms with Crippen LogP contribution >= 0.6 is 11.3 Å². The summed E-state index contributed by atoms with van der Waals surface area (Å²) in [4.78, 5) is 5.34. The zero-order valence-corrected chi connectivity index (χ0v) is 6.43. The fraction of sp³-hybridized carbons (Fsp3) is 0.429. The number of hydrogen-bond acceptors (Lipinski definition) is 3. The van der Waals surface area contributed by atoms with Crippen LogP contribution in [0.1, 0.15) is 6.42 Å². The van der Waals surface area contributed by atoms with Gasteiger partial charge in [0, 0.05) is 6.54 Å². The van der Waals surface area contributed by atoms with Crippen molar-refractivity contribution >= 4 is 16.3 Å². The smallest absolute Gasteiger partial charge is 0.116 e. The van der Waals surface area contributed by atoms with Crippen molar-refractivity contribution in [3.05, 3.63) is 17.5 Å². The molecule has 2 rings (SSSR count). The third-order valence-corrected chi connectivity index (χ3v) is 2.38. The molecule has 0 radical (unpaired) electrons. The van der Waals surface area contributed by atoms with E-state index in [0.29, 0.717) is 0 Å². The molecule has 0 N–H and O–H groups in total. The topological polar surface area (TPSA) is 12.5 Å². The summed E-state index contributed by atoms with van der Waals surface area (Å²) in [6.45, 7) is 1.92. The highest BCUT2D eigenvalue weighted by Crippen LogP contribution is 2.23. The minimum absolute atomic E-state index is 0.873. The van der Waals surface area contributed by atoms with E-state index >= 15 is 0 Å². The lowest BCUT2D eigenvalue weighted by Gasteiger charge is -2.11. The van der Waals surface area contributed by atoms with Gasteiger partial charge in [-0.3, -0.25) is 4.84 Å². The van der Waals surface area contributed by atoms with Gasteiger partial charge in [0.2, 0.25) is 0 Å². The van der Waals surface area contributed by atoms with Crippen LogP contribution in [-0.4, -0.2) is 13.2 Å². The molecule has 1 aliphatic heterocycles. The first-order valence-electron chi connectivity index (χ1n) is 3.41. The molecule has 54 valence electrons. The minimum atomic E-state index is 0.873. The van der Waals surface area contributed by atoms with Crippen LogP contribution in [0.4, 0.5) is 5.00 Å². The molecule has 0 aromatic carbocycles. The lowest BCUT2D eigenvalue weighted by atomic mass is 10.5. The largest absolute Gasteiger partial charge is 0.273 e. The predicted octanol–water partition coefficient (Wildman–Crippen LogP) is 1.89.